The van der Waals surface area contributed by atoms with Crippen molar-refractivity contribution in [2.24, 2.45) is 16.7 Å². The zero-order valence-corrected chi connectivity index (χ0v) is 29.2. The van der Waals surface area contributed by atoms with Gasteiger partial charge in [0, 0.05) is 5.41 Å². The summed E-state index contributed by atoms with van der Waals surface area (Å²) in [6.45, 7) is 35.6. The van der Waals surface area contributed by atoms with Gasteiger partial charge in [-0.1, -0.05) is 114 Å². The highest BCUT2D eigenvalue weighted by molar-refractivity contribution is 5.39. The first-order valence-electron chi connectivity index (χ1n) is 15.9. The molecule has 1 atom stereocenters. The second-order valence-electron chi connectivity index (χ2n) is 12.4. The van der Waals surface area contributed by atoms with Gasteiger partial charge in [0.1, 0.15) is 0 Å². The molecule has 0 radical (unpaired) electrons. The molecule has 0 aliphatic heterocycles. The summed E-state index contributed by atoms with van der Waals surface area (Å²) < 4.78 is 0. The molecule has 0 bridgehead atoms. The molecule has 1 aliphatic rings. The Morgan fingerprint density at radius 1 is 0.897 bits per heavy atom. The zero-order chi connectivity index (χ0) is 31.2. The zero-order valence-electron chi connectivity index (χ0n) is 29.2. The molecule has 0 amide bonds. The second-order valence-corrected chi connectivity index (χ2v) is 12.4. The Balaban J connectivity index is -0.00000201. The quantitative estimate of drug-likeness (QED) is 0.152. The monoisotopic (exact) mass is 539 g/mol. The van der Waals surface area contributed by atoms with Crippen LogP contribution in [0, 0.1) is 29.6 Å². The summed E-state index contributed by atoms with van der Waals surface area (Å²) in [5.41, 5.74) is 10.2. The van der Waals surface area contributed by atoms with Gasteiger partial charge in [0.25, 0.3) is 0 Å². The molecule has 0 saturated heterocycles. The van der Waals surface area contributed by atoms with Crippen LogP contribution in [0.2, 0.25) is 0 Å². The van der Waals surface area contributed by atoms with Gasteiger partial charge in [-0.15, -0.1) is 19.4 Å². The predicted molar refractivity (Wildman–Crippen MR) is 184 cm³/mol. The third-order valence-corrected chi connectivity index (χ3v) is 8.40. The molecular weight excluding hydrogens is 468 g/mol. The number of hydrogen-bond donors (Lipinski definition) is 0. The van der Waals surface area contributed by atoms with Crippen molar-refractivity contribution in [2.45, 2.75) is 161 Å². The van der Waals surface area contributed by atoms with Crippen LogP contribution >= 0.6 is 0 Å². The van der Waals surface area contributed by atoms with E-state index in [0.717, 1.165) is 0 Å². The lowest BCUT2D eigenvalue weighted by Crippen LogP contribution is -2.24. The molecule has 39 heavy (non-hydrogen) atoms. The van der Waals surface area contributed by atoms with Gasteiger partial charge in [-0.25, -0.2) is 0 Å². The molecule has 0 spiro atoms. The maximum absolute atomic E-state index is 4.00. The molecule has 0 saturated carbocycles. The first-order chi connectivity index (χ1) is 18.3. The van der Waals surface area contributed by atoms with Gasteiger partial charge in [-0.2, -0.15) is 0 Å². The van der Waals surface area contributed by atoms with Gasteiger partial charge in [0.15, 0.2) is 0 Å². The van der Waals surface area contributed by atoms with E-state index >= 15 is 0 Å². The van der Waals surface area contributed by atoms with Crippen molar-refractivity contribution in [3.63, 3.8) is 0 Å². The lowest BCUT2D eigenvalue weighted by molar-refractivity contribution is 0.300. The number of terminal acetylenes is 1. The fraction of sp³-hybridized carbons (Fsp3) is 0.692. The van der Waals surface area contributed by atoms with E-state index in [1.54, 1.807) is 33.4 Å². The number of hydrogen-bond acceptors (Lipinski definition) is 0. The summed E-state index contributed by atoms with van der Waals surface area (Å²) >= 11 is 0. The first kappa shape index (κ1) is 41.7. The van der Waals surface area contributed by atoms with E-state index in [0.29, 0.717) is 11.3 Å². The minimum Gasteiger partial charge on any atom is -0.124 e. The Morgan fingerprint density at radius 3 is 1.87 bits per heavy atom. The Morgan fingerprint density at radius 2 is 1.38 bits per heavy atom. The molecule has 226 valence electrons. The van der Waals surface area contributed by atoms with E-state index in [4.69, 9.17) is 0 Å². The maximum atomic E-state index is 4.00. The van der Waals surface area contributed by atoms with E-state index in [1.165, 1.54) is 64.2 Å². The van der Waals surface area contributed by atoms with Crippen molar-refractivity contribution < 1.29 is 0 Å². The molecule has 0 heteroatoms. The topological polar surface area (TPSA) is 0 Å². The molecular formula is C39H70. The van der Waals surface area contributed by atoms with Gasteiger partial charge in [0.2, 0.25) is 0 Å². The van der Waals surface area contributed by atoms with E-state index in [9.17, 15) is 0 Å². The van der Waals surface area contributed by atoms with Crippen molar-refractivity contribution in [1.29, 1.82) is 0 Å². The van der Waals surface area contributed by atoms with Crippen LogP contribution < -0.4 is 0 Å². The summed E-state index contributed by atoms with van der Waals surface area (Å²) in [4.78, 5) is 0. The van der Waals surface area contributed by atoms with Crippen molar-refractivity contribution in [3.05, 3.63) is 58.2 Å². The maximum Gasteiger partial charge on any atom is 0.00666 e. The Bertz CT molecular complexity index is 800. The summed E-state index contributed by atoms with van der Waals surface area (Å²) in [7, 11) is 0. The van der Waals surface area contributed by atoms with Crippen LogP contribution in [0.3, 0.4) is 0 Å². The Kier molecular flexibility index (Phi) is 24.6. The largest absolute Gasteiger partial charge is 0.124 e. The molecule has 0 aromatic carbocycles. The third kappa shape index (κ3) is 17.5. The second kappa shape index (κ2) is 23.0. The van der Waals surface area contributed by atoms with Crippen LogP contribution in [0.1, 0.15) is 161 Å². The lowest BCUT2D eigenvalue weighted by atomic mass is 9.67. The van der Waals surface area contributed by atoms with Crippen molar-refractivity contribution in [2.75, 3.05) is 0 Å². The normalized spacial score (nSPS) is 16.2. The number of rotatable bonds is 14. The van der Waals surface area contributed by atoms with Crippen LogP contribution in [0.25, 0.3) is 0 Å². The lowest BCUT2D eigenvalue weighted by Gasteiger charge is -2.38. The molecule has 0 nitrogen and oxygen atoms in total. The molecule has 0 aromatic heterocycles. The van der Waals surface area contributed by atoms with Crippen LogP contribution in [-0.2, 0) is 0 Å². The van der Waals surface area contributed by atoms with Gasteiger partial charge in [-0.05, 0) is 110 Å². The molecule has 1 unspecified atom stereocenters. The molecule has 1 rings (SSSR count). The van der Waals surface area contributed by atoms with Crippen molar-refractivity contribution in [1.82, 2.24) is 0 Å². The Hall–Kier alpha value is -1.74. The Labute approximate surface area is 248 Å². The summed E-state index contributed by atoms with van der Waals surface area (Å²) in [6.07, 6.45) is 27.4. The van der Waals surface area contributed by atoms with Crippen LogP contribution in [-0.4, -0.2) is 0 Å². The fourth-order valence-corrected chi connectivity index (χ4v) is 5.31. The summed E-state index contributed by atoms with van der Waals surface area (Å²) in [5.74, 6) is 0.628. The molecule has 0 N–H and O–H groups in total. The minimum absolute atomic E-state index is 0.232. The number of allylic oxidation sites excluding steroid dienone is 9. The van der Waals surface area contributed by atoms with Crippen LogP contribution in [0.15, 0.2) is 58.2 Å². The molecule has 0 fully saturated rings. The van der Waals surface area contributed by atoms with E-state index in [2.05, 4.69) is 107 Å². The van der Waals surface area contributed by atoms with E-state index < -0.39 is 0 Å². The molecule has 0 aromatic rings. The van der Waals surface area contributed by atoms with Gasteiger partial charge in [-0.3, -0.25) is 0 Å². The first-order valence-corrected chi connectivity index (χ1v) is 15.9. The fourth-order valence-electron chi connectivity index (χ4n) is 5.31. The van der Waals surface area contributed by atoms with Crippen molar-refractivity contribution >= 4 is 0 Å². The predicted octanol–water partition coefficient (Wildman–Crippen LogP) is 13.6. The average Bonchev–Trinajstić information content (AvgIpc) is 2.90. The van der Waals surface area contributed by atoms with Gasteiger partial charge in [0.05, 0.1) is 0 Å². The average molecular weight is 539 g/mol. The highest BCUT2D eigenvalue weighted by Gasteiger charge is 2.32. The molecule has 1 aliphatic carbocycles. The molecule has 0 heterocycles. The smallest absolute Gasteiger partial charge is 0.00666 e. The highest BCUT2D eigenvalue weighted by atomic mass is 14.4. The van der Waals surface area contributed by atoms with Crippen LogP contribution in [0.5, 0.6) is 0 Å². The minimum atomic E-state index is 0.232. The van der Waals surface area contributed by atoms with Gasteiger partial charge >= 0.3 is 0 Å². The third-order valence-electron chi connectivity index (χ3n) is 8.40. The van der Waals surface area contributed by atoms with Crippen LogP contribution in [0.4, 0.5) is 0 Å². The summed E-state index contributed by atoms with van der Waals surface area (Å²) in [6, 6.07) is 0. The SMILES string of the molecule is C#C.C=CC(C)CC/C=C(\C)CCC/C(C)=C/CCC(C)(C)CCC1=C(C)CC(C)=C(C)C1(C)C.CC.CC. The highest BCUT2D eigenvalue weighted by Crippen LogP contribution is 2.47. The van der Waals surface area contributed by atoms with Crippen molar-refractivity contribution in [3.8, 4) is 12.8 Å². The van der Waals surface area contributed by atoms with E-state index in [-0.39, 0.29) is 5.41 Å². The van der Waals surface area contributed by atoms with E-state index in [1.807, 2.05) is 27.7 Å². The standard InChI is InChI=1S/C33H56.2C2H6.C2H2/c1-12-25(2)16-13-17-26(3)18-14-19-27(4)20-15-22-32(8,9)23-21-31-29(6)24-28(5)30(7)33(31,10)11;3*1-2/h12,17,20,25H,1,13-16,18-19,21-24H2,2-11H3;2*1-2H3;1-2H/b26-17+,27-20+;;;. The summed E-state index contributed by atoms with van der Waals surface area (Å²) in [5, 5.41) is 0. The van der Waals surface area contributed by atoms with Gasteiger partial charge < -0.3 is 0 Å².